The van der Waals surface area contributed by atoms with Crippen LogP contribution in [0.5, 0.6) is 0 Å². The highest BCUT2D eigenvalue weighted by atomic mass is 32.2. The van der Waals surface area contributed by atoms with Crippen LogP contribution in [0.15, 0.2) is 55.6 Å². The smallest absolute Gasteiger partial charge is 0.247 e. The first kappa shape index (κ1) is 30.4. The van der Waals surface area contributed by atoms with Crippen molar-refractivity contribution in [3.05, 3.63) is 61.2 Å². The number of fused-ring (bicyclic) bond motifs is 1. The summed E-state index contributed by atoms with van der Waals surface area (Å²) in [5, 5.41) is 10.5. The summed E-state index contributed by atoms with van der Waals surface area (Å²) in [6, 6.07) is 8.56. The molecule has 218 valence electrons. The molecule has 7 nitrogen and oxygen atoms in total. The monoisotopic (exact) mass is 567 g/mol. The first-order chi connectivity index (χ1) is 19.1. The van der Waals surface area contributed by atoms with E-state index in [4.69, 9.17) is 0 Å². The third kappa shape index (κ3) is 5.37. The third-order valence-corrected chi connectivity index (χ3v) is 10.7. The summed E-state index contributed by atoms with van der Waals surface area (Å²) in [4.78, 5) is 48.5. The minimum absolute atomic E-state index is 0.0217. The highest BCUT2D eigenvalue weighted by Gasteiger charge is 2.74. The molecule has 3 heterocycles. The summed E-state index contributed by atoms with van der Waals surface area (Å²) in [5.41, 5.74) is 1.02. The fourth-order valence-corrected chi connectivity index (χ4v) is 9.31. The van der Waals surface area contributed by atoms with Crippen LogP contribution in [0.3, 0.4) is 0 Å². The van der Waals surface area contributed by atoms with Gasteiger partial charge >= 0.3 is 0 Å². The number of carbonyl (C=O) groups is 3. The average Bonchev–Trinajstić information content (AvgIpc) is 3.57. The Labute approximate surface area is 243 Å². The standard InChI is InChI=1S/C32H45N3O4S/c1-7-16-33(19-23-12-10-9-11-13-23)29(37)26-25-14-15-32(40-25)27(26)30(38)35(24(20-36)18-21(3)4)28(32)31(39)34(17-8-2)22(5)6/h7-13,21-22,24-28,36H,1-2,14-20H2,3-6H3/t24-,25-,26+,27+,28?,32?/m1/s1. The summed E-state index contributed by atoms with van der Waals surface area (Å²) >= 11 is 1.67. The van der Waals surface area contributed by atoms with Crippen LogP contribution < -0.4 is 0 Å². The van der Waals surface area contributed by atoms with Crippen LogP contribution in [-0.4, -0.2) is 85.3 Å². The maximum absolute atomic E-state index is 14.5. The highest BCUT2D eigenvalue weighted by Crippen LogP contribution is 2.67. The van der Waals surface area contributed by atoms with Crippen molar-refractivity contribution in [1.82, 2.24) is 14.7 Å². The molecule has 0 aliphatic carbocycles. The largest absolute Gasteiger partial charge is 0.394 e. The van der Waals surface area contributed by atoms with Crippen LogP contribution in [0.1, 0.15) is 52.5 Å². The maximum atomic E-state index is 14.5. The molecule has 1 aromatic rings. The maximum Gasteiger partial charge on any atom is 0.247 e. The predicted octanol–water partition coefficient (Wildman–Crippen LogP) is 4.12. The van der Waals surface area contributed by atoms with Gasteiger partial charge in [-0.3, -0.25) is 14.4 Å². The number of nitrogens with zero attached hydrogens (tertiary/aromatic N) is 3. The first-order valence-electron chi connectivity index (χ1n) is 14.6. The molecule has 0 aromatic heterocycles. The van der Waals surface area contributed by atoms with Crippen molar-refractivity contribution in [3.8, 4) is 0 Å². The molecule has 40 heavy (non-hydrogen) atoms. The van der Waals surface area contributed by atoms with Gasteiger partial charge in [-0.2, -0.15) is 0 Å². The van der Waals surface area contributed by atoms with Gasteiger partial charge in [-0.1, -0.05) is 56.3 Å². The van der Waals surface area contributed by atoms with Gasteiger partial charge in [-0.05, 0) is 44.6 Å². The number of thioether (sulfide) groups is 1. The fourth-order valence-electron chi connectivity index (χ4n) is 7.12. The lowest BCUT2D eigenvalue weighted by atomic mass is 9.70. The zero-order chi connectivity index (χ0) is 29.2. The summed E-state index contributed by atoms with van der Waals surface area (Å²) in [6.07, 6.45) is 5.52. The van der Waals surface area contributed by atoms with Gasteiger partial charge < -0.3 is 19.8 Å². The van der Waals surface area contributed by atoms with E-state index in [9.17, 15) is 19.5 Å². The number of rotatable bonds is 13. The molecular formula is C32H45N3O4S. The van der Waals surface area contributed by atoms with E-state index in [1.54, 1.807) is 38.6 Å². The van der Waals surface area contributed by atoms with E-state index in [0.29, 0.717) is 32.5 Å². The van der Waals surface area contributed by atoms with Crippen molar-refractivity contribution in [2.75, 3.05) is 19.7 Å². The van der Waals surface area contributed by atoms with Crippen molar-refractivity contribution in [2.24, 2.45) is 17.8 Å². The second-order valence-electron chi connectivity index (χ2n) is 12.1. The minimum atomic E-state index is -0.724. The van der Waals surface area contributed by atoms with Crippen LogP contribution in [0.2, 0.25) is 0 Å². The van der Waals surface area contributed by atoms with E-state index in [0.717, 1.165) is 12.0 Å². The van der Waals surface area contributed by atoms with Gasteiger partial charge in [0, 0.05) is 30.9 Å². The summed E-state index contributed by atoms with van der Waals surface area (Å²) in [6.45, 7) is 16.8. The fraction of sp³-hybridized carbons (Fsp3) is 0.594. The molecule has 3 fully saturated rings. The van der Waals surface area contributed by atoms with Crippen LogP contribution >= 0.6 is 11.8 Å². The number of hydrogen-bond acceptors (Lipinski definition) is 5. The number of amides is 3. The van der Waals surface area contributed by atoms with Crippen LogP contribution in [0.25, 0.3) is 0 Å². The Morgan fingerprint density at radius 1 is 1.12 bits per heavy atom. The number of hydrogen-bond donors (Lipinski definition) is 1. The van der Waals surface area contributed by atoms with Crippen LogP contribution in [0.4, 0.5) is 0 Å². The van der Waals surface area contributed by atoms with Crippen molar-refractivity contribution in [2.45, 2.75) is 81.6 Å². The highest BCUT2D eigenvalue weighted by molar-refractivity contribution is 8.02. The Bertz CT molecular complexity index is 1110. The molecule has 1 N–H and O–H groups in total. The lowest BCUT2D eigenvalue weighted by molar-refractivity contribution is -0.148. The van der Waals surface area contributed by atoms with Gasteiger partial charge in [0.2, 0.25) is 17.7 Å². The molecule has 4 rings (SSSR count). The lowest BCUT2D eigenvalue weighted by Crippen LogP contribution is -2.58. The van der Waals surface area contributed by atoms with Crippen molar-refractivity contribution in [1.29, 1.82) is 0 Å². The second kappa shape index (κ2) is 12.5. The molecule has 3 amide bonds. The van der Waals surface area contributed by atoms with Gasteiger partial charge in [0.15, 0.2) is 0 Å². The Balaban J connectivity index is 1.76. The minimum Gasteiger partial charge on any atom is -0.394 e. The van der Waals surface area contributed by atoms with E-state index in [2.05, 4.69) is 27.0 Å². The summed E-state index contributed by atoms with van der Waals surface area (Å²) in [7, 11) is 0. The molecule has 0 radical (unpaired) electrons. The van der Waals surface area contributed by atoms with Crippen LogP contribution in [0, 0.1) is 17.8 Å². The number of benzene rings is 1. The van der Waals surface area contributed by atoms with Crippen molar-refractivity contribution >= 4 is 29.5 Å². The van der Waals surface area contributed by atoms with Gasteiger partial charge in [0.05, 0.1) is 29.2 Å². The number of carbonyl (C=O) groups excluding carboxylic acids is 3. The molecule has 2 unspecified atom stereocenters. The topological polar surface area (TPSA) is 81.2 Å². The summed E-state index contributed by atoms with van der Waals surface area (Å²) < 4.78 is -0.690. The Kier molecular flexibility index (Phi) is 9.51. The van der Waals surface area contributed by atoms with E-state index in [-0.39, 0.29) is 41.5 Å². The molecule has 3 aliphatic heterocycles. The molecular weight excluding hydrogens is 522 g/mol. The number of aliphatic hydroxyl groups excluding tert-OH is 1. The molecule has 2 bridgehead atoms. The Morgan fingerprint density at radius 3 is 2.38 bits per heavy atom. The van der Waals surface area contributed by atoms with Crippen LogP contribution in [-0.2, 0) is 20.9 Å². The molecule has 8 heteroatoms. The number of aliphatic hydroxyl groups is 1. The molecule has 3 saturated heterocycles. The van der Waals surface area contributed by atoms with E-state index in [1.165, 1.54) is 0 Å². The van der Waals surface area contributed by atoms with Gasteiger partial charge in [0.1, 0.15) is 6.04 Å². The molecule has 3 aliphatic rings. The lowest BCUT2D eigenvalue weighted by Gasteiger charge is -2.41. The SMILES string of the molecule is C=CCN(Cc1ccccc1)C(=O)[C@@H]1[C@H]2C(=O)N([C@@H](CO)CC(C)C)C(C(=O)N(CC=C)C(C)C)C23CC[C@H]1S3. The normalized spacial score (nSPS) is 27.7. The van der Waals surface area contributed by atoms with Crippen molar-refractivity contribution < 1.29 is 19.5 Å². The molecule has 0 saturated carbocycles. The quantitative estimate of drug-likeness (QED) is 0.363. The van der Waals surface area contributed by atoms with E-state index in [1.807, 2.05) is 44.2 Å². The van der Waals surface area contributed by atoms with E-state index < -0.39 is 28.7 Å². The Hall–Kier alpha value is -2.58. The summed E-state index contributed by atoms with van der Waals surface area (Å²) in [5.74, 6) is -1.21. The number of likely N-dealkylation sites (tertiary alicyclic amines) is 1. The Morgan fingerprint density at radius 2 is 1.80 bits per heavy atom. The predicted molar refractivity (Wildman–Crippen MR) is 160 cm³/mol. The molecule has 1 spiro atoms. The van der Waals surface area contributed by atoms with Gasteiger partial charge in [-0.25, -0.2) is 0 Å². The van der Waals surface area contributed by atoms with Gasteiger partial charge in [-0.15, -0.1) is 24.9 Å². The molecule has 6 atom stereocenters. The zero-order valence-corrected chi connectivity index (χ0v) is 25.2. The average molecular weight is 568 g/mol. The third-order valence-electron chi connectivity index (χ3n) is 8.71. The zero-order valence-electron chi connectivity index (χ0n) is 24.4. The van der Waals surface area contributed by atoms with E-state index >= 15 is 0 Å². The second-order valence-corrected chi connectivity index (χ2v) is 13.7. The molecule has 1 aromatic carbocycles. The first-order valence-corrected chi connectivity index (χ1v) is 15.4. The van der Waals surface area contributed by atoms with Crippen molar-refractivity contribution in [3.63, 3.8) is 0 Å². The van der Waals surface area contributed by atoms with Gasteiger partial charge in [0.25, 0.3) is 0 Å².